The van der Waals surface area contributed by atoms with Gasteiger partial charge in [0, 0.05) is 29.0 Å². The molecule has 0 radical (unpaired) electrons. The molecular weight excluding hydrogens is 302 g/mol. The minimum absolute atomic E-state index is 0.0397. The van der Waals surface area contributed by atoms with Crippen LogP contribution in [0, 0.1) is 6.92 Å². The maximum atomic E-state index is 12.1. The van der Waals surface area contributed by atoms with Crippen LogP contribution in [0.4, 0.5) is 0 Å². The van der Waals surface area contributed by atoms with Gasteiger partial charge in [-0.1, -0.05) is 15.9 Å². The Morgan fingerprint density at radius 3 is 2.71 bits per heavy atom. The van der Waals surface area contributed by atoms with Gasteiger partial charge in [0.05, 0.1) is 0 Å². The van der Waals surface area contributed by atoms with Gasteiger partial charge in [-0.15, -0.1) is 11.6 Å². The van der Waals surface area contributed by atoms with Crippen molar-refractivity contribution in [3.63, 3.8) is 0 Å². The van der Waals surface area contributed by atoms with Crippen LogP contribution in [-0.4, -0.2) is 29.8 Å². The summed E-state index contributed by atoms with van der Waals surface area (Å²) in [7, 11) is 1.80. The van der Waals surface area contributed by atoms with Gasteiger partial charge in [0.2, 0.25) is 0 Å². The summed E-state index contributed by atoms with van der Waals surface area (Å²) in [6.07, 6.45) is 0.805. The molecule has 0 aliphatic rings. The molecule has 0 bridgehead atoms. The molecule has 0 heterocycles. The number of carbonyl (C=O) groups excluding carboxylic acids is 1. The Hall–Kier alpha value is -0.540. The second kappa shape index (κ2) is 6.41. The quantitative estimate of drug-likeness (QED) is 0.772. The van der Waals surface area contributed by atoms with Gasteiger partial charge in [0.15, 0.2) is 0 Å². The van der Waals surface area contributed by atoms with E-state index in [2.05, 4.69) is 15.9 Å². The van der Waals surface area contributed by atoms with Crippen LogP contribution >= 0.6 is 27.5 Å². The summed E-state index contributed by atoms with van der Waals surface area (Å²) in [4.78, 5) is 13.8. The molecule has 1 amide bonds. The van der Waals surface area contributed by atoms with Gasteiger partial charge >= 0.3 is 0 Å². The molecule has 0 saturated heterocycles. The number of aryl methyl sites for hydroxylation is 1. The first kappa shape index (κ1) is 14.5. The third-order valence-corrected chi connectivity index (χ3v) is 3.72. The Morgan fingerprint density at radius 1 is 1.53 bits per heavy atom. The van der Waals surface area contributed by atoms with Crippen LogP contribution in [-0.2, 0) is 0 Å². The van der Waals surface area contributed by atoms with Gasteiger partial charge in [-0.05, 0) is 44.0 Å². The molecule has 17 heavy (non-hydrogen) atoms. The number of hydrogen-bond acceptors (Lipinski definition) is 1. The van der Waals surface area contributed by atoms with Crippen LogP contribution in [0.15, 0.2) is 22.7 Å². The molecule has 4 heteroatoms. The molecule has 0 aromatic heterocycles. The van der Waals surface area contributed by atoms with E-state index < -0.39 is 0 Å². The molecule has 0 saturated carbocycles. The summed E-state index contributed by atoms with van der Waals surface area (Å²) in [5.41, 5.74) is 1.78. The molecule has 1 atom stereocenters. The third kappa shape index (κ3) is 4.32. The molecule has 1 aromatic carbocycles. The summed E-state index contributed by atoms with van der Waals surface area (Å²) in [6.45, 7) is 4.59. The van der Waals surface area contributed by atoms with E-state index in [4.69, 9.17) is 11.6 Å². The normalized spacial score (nSPS) is 12.3. The number of nitrogens with zero attached hydrogens (tertiary/aromatic N) is 1. The minimum Gasteiger partial charge on any atom is -0.342 e. The molecular formula is C13H17BrClNO. The van der Waals surface area contributed by atoms with Crippen LogP contribution in [0.3, 0.4) is 0 Å². The second-order valence-electron chi connectivity index (χ2n) is 4.26. The lowest BCUT2D eigenvalue weighted by Gasteiger charge is -2.18. The van der Waals surface area contributed by atoms with E-state index in [1.54, 1.807) is 11.9 Å². The lowest BCUT2D eigenvalue weighted by atomic mass is 10.1. The van der Waals surface area contributed by atoms with Crippen molar-refractivity contribution in [2.24, 2.45) is 0 Å². The summed E-state index contributed by atoms with van der Waals surface area (Å²) < 4.78 is 1.02. The van der Waals surface area contributed by atoms with E-state index >= 15 is 0 Å². The van der Waals surface area contributed by atoms with Crippen molar-refractivity contribution in [1.82, 2.24) is 4.90 Å². The summed E-state index contributed by atoms with van der Waals surface area (Å²) >= 11 is 9.30. The Morgan fingerprint density at radius 2 is 2.18 bits per heavy atom. The monoisotopic (exact) mass is 317 g/mol. The number of hydrogen-bond donors (Lipinski definition) is 0. The zero-order chi connectivity index (χ0) is 13.0. The van der Waals surface area contributed by atoms with Gasteiger partial charge in [-0.3, -0.25) is 4.79 Å². The molecule has 0 aliphatic carbocycles. The van der Waals surface area contributed by atoms with Gasteiger partial charge in [-0.2, -0.15) is 0 Å². The van der Waals surface area contributed by atoms with Gasteiger partial charge in [0.1, 0.15) is 0 Å². The zero-order valence-corrected chi connectivity index (χ0v) is 12.7. The largest absolute Gasteiger partial charge is 0.342 e. The number of rotatable bonds is 4. The fraction of sp³-hybridized carbons (Fsp3) is 0.462. The highest BCUT2D eigenvalue weighted by molar-refractivity contribution is 9.10. The van der Waals surface area contributed by atoms with Crippen molar-refractivity contribution >= 4 is 33.4 Å². The first-order valence-corrected chi connectivity index (χ1v) is 6.80. The third-order valence-electron chi connectivity index (χ3n) is 2.61. The SMILES string of the molecule is Cc1cc(C(=O)N(C)CCC(C)Cl)ccc1Br. The topological polar surface area (TPSA) is 20.3 Å². The Kier molecular flexibility index (Phi) is 5.47. The predicted molar refractivity (Wildman–Crippen MR) is 75.8 cm³/mol. The first-order valence-electron chi connectivity index (χ1n) is 5.57. The van der Waals surface area contributed by atoms with Crippen LogP contribution in [0.2, 0.25) is 0 Å². The summed E-state index contributed by atoms with van der Waals surface area (Å²) in [5.74, 6) is 0.0397. The van der Waals surface area contributed by atoms with E-state index in [-0.39, 0.29) is 11.3 Å². The molecule has 1 rings (SSSR count). The van der Waals surface area contributed by atoms with Crippen molar-refractivity contribution in [1.29, 1.82) is 0 Å². The van der Waals surface area contributed by atoms with Crippen LogP contribution in [0.5, 0.6) is 0 Å². The van der Waals surface area contributed by atoms with Gasteiger partial charge in [-0.25, -0.2) is 0 Å². The molecule has 2 nitrogen and oxygen atoms in total. The van der Waals surface area contributed by atoms with E-state index in [9.17, 15) is 4.79 Å². The number of halogens is 2. The van der Waals surface area contributed by atoms with Crippen molar-refractivity contribution in [2.75, 3.05) is 13.6 Å². The Bertz CT molecular complexity index is 406. The number of alkyl halides is 1. The van der Waals surface area contributed by atoms with Crippen LogP contribution < -0.4 is 0 Å². The predicted octanol–water partition coefficient (Wildman–Crippen LogP) is 3.85. The second-order valence-corrected chi connectivity index (χ2v) is 5.86. The summed E-state index contributed by atoms with van der Waals surface area (Å²) in [6, 6.07) is 5.63. The maximum Gasteiger partial charge on any atom is 0.253 e. The van der Waals surface area contributed by atoms with Crippen molar-refractivity contribution in [2.45, 2.75) is 25.6 Å². The van der Waals surface area contributed by atoms with Crippen LogP contribution in [0.25, 0.3) is 0 Å². The highest BCUT2D eigenvalue weighted by Crippen LogP contribution is 2.18. The van der Waals surface area contributed by atoms with Gasteiger partial charge < -0.3 is 4.90 Å². The highest BCUT2D eigenvalue weighted by Gasteiger charge is 2.12. The Labute approximate surface area is 116 Å². The number of carbonyl (C=O) groups is 1. The lowest BCUT2D eigenvalue weighted by Crippen LogP contribution is -2.28. The van der Waals surface area contributed by atoms with Crippen molar-refractivity contribution in [3.05, 3.63) is 33.8 Å². The van der Waals surface area contributed by atoms with Crippen LogP contribution in [0.1, 0.15) is 29.3 Å². The molecule has 1 unspecified atom stereocenters. The van der Waals surface area contributed by atoms with Crippen molar-refractivity contribution in [3.8, 4) is 0 Å². The molecule has 0 fully saturated rings. The molecule has 0 spiro atoms. The average molecular weight is 319 g/mol. The lowest BCUT2D eigenvalue weighted by molar-refractivity contribution is 0.0793. The number of amides is 1. The molecule has 0 N–H and O–H groups in total. The number of benzene rings is 1. The van der Waals surface area contributed by atoms with E-state index in [0.29, 0.717) is 6.54 Å². The fourth-order valence-corrected chi connectivity index (χ4v) is 1.82. The first-order chi connectivity index (χ1) is 7.91. The summed E-state index contributed by atoms with van der Waals surface area (Å²) in [5, 5.41) is 0.0944. The highest BCUT2D eigenvalue weighted by atomic mass is 79.9. The van der Waals surface area contributed by atoms with Gasteiger partial charge in [0.25, 0.3) is 5.91 Å². The Balaban J connectivity index is 2.71. The molecule has 1 aromatic rings. The minimum atomic E-state index is 0.0397. The zero-order valence-electron chi connectivity index (χ0n) is 10.3. The van der Waals surface area contributed by atoms with E-state index in [0.717, 1.165) is 22.0 Å². The standard InChI is InChI=1S/C13H17BrClNO/c1-9-8-11(4-5-12(9)14)13(17)16(3)7-6-10(2)15/h4-5,8,10H,6-7H2,1-3H3. The van der Waals surface area contributed by atoms with E-state index in [1.165, 1.54) is 0 Å². The van der Waals surface area contributed by atoms with Crippen molar-refractivity contribution < 1.29 is 4.79 Å². The average Bonchev–Trinajstić information content (AvgIpc) is 2.28. The maximum absolute atomic E-state index is 12.1. The fourth-order valence-electron chi connectivity index (χ4n) is 1.47. The molecule has 0 aliphatic heterocycles. The van der Waals surface area contributed by atoms with E-state index in [1.807, 2.05) is 32.0 Å². The molecule has 94 valence electrons. The smallest absolute Gasteiger partial charge is 0.253 e.